The van der Waals surface area contributed by atoms with E-state index in [4.69, 9.17) is 0 Å². The minimum atomic E-state index is -4.37. The van der Waals surface area contributed by atoms with Crippen molar-refractivity contribution in [3.8, 4) is 0 Å². The van der Waals surface area contributed by atoms with Gasteiger partial charge in [0.2, 0.25) is 5.91 Å². The van der Waals surface area contributed by atoms with Crippen molar-refractivity contribution in [1.82, 2.24) is 15.5 Å². The second kappa shape index (κ2) is 8.90. The van der Waals surface area contributed by atoms with E-state index in [2.05, 4.69) is 25.7 Å². The molecule has 1 amide bonds. The van der Waals surface area contributed by atoms with Crippen LogP contribution in [0.2, 0.25) is 0 Å². The quantitative estimate of drug-likeness (QED) is 0.708. The summed E-state index contributed by atoms with van der Waals surface area (Å²) in [6.45, 7) is 2.88. The van der Waals surface area contributed by atoms with Gasteiger partial charge >= 0.3 is 6.18 Å². The highest BCUT2D eigenvalue weighted by atomic mass is 19.4. The van der Waals surface area contributed by atoms with Crippen LogP contribution in [0.3, 0.4) is 0 Å². The minimum Gasteiger partial charge on any atom is -0.370 e. The van der Waals surface area contributed by atoms with Crippen LogP contribution in [0.1, 0.15) is 24.0 Å². The Labute approximate surface area is 161 Å². The Hall–Kier alpha value is -2.84. The van der Waals surface area contributed by atoms with Crippen LogP contribution in [-0.4, -0.2) is 42.3 Å². The van der Waals surface area contributed by atoms with Crippen molar-refractivity contribution in [2.75, 3.05) is 36.4 Å². The molecule has 2 N–H and O–H groups in total. The second-order valence-corrected chi connectivity index (χ2v) is 6.64. The van der Waals surface area contributed by atoms with E-state index in [1.165, 1.54) is 25.0 Å². The number of carbonyl (C=O) groups excluding carboxylic acids is 1. The van der Waals surface area contributed by atoms with Crippen molar-refractivity contribution < 1.29 is 18.0 Å². The number of hydrogen-bond acceptors (Lipinski definition) is 5. The van der Waals surface area contributed by atoms with Crippen LogP contribution in [0.5, 0.6) is 0 Å². The standard InChI is InChI=1S/C19H22F3N5O/c20-19(21,22)15-5-3-14(4-6-15)11-18(28)24-8-7-23-17-12-16(13-25-26-17)27-9-1-2-10-27/h3-6,12-13H,1-2,7-11H2,(H,23,26)(H,24,28). The van der Waals surface area contributed by atoms with Crippen LogP contribution in [0, 0.1) is 0 Å². The zero-order valence-corrected chi connectivity index (χ0v) is 15.3. The summed E-state index contributed by atoms with van der Waals surface area (Å²) in [6, 6.07) is 6.54. The summed E-state index contributed by atoms with van der Waals surface area (Å²) in [5.41, 5.74) is 0.835. The maximum absolute atomic E-state index is 12.5. The van der Waals surface area contributed by atoms with Gasteiger partial charge in [0.15, 0.2) is 5.82 Å². The Bertz CT molecular complexity index is 789. The molecule has 1 aliphatic rings. The van der Waals surface area contributed by atoms with E-state index in [1.807, 2.05) is 6.07 Å². The maximum Gasteiger partial charge on any atom is 0.416 e. The molecule has 2 aromatic rings. The number of hydrogen-bond donors (Lipinski definition) is 2. The number of halogens is 3. The topological polar surface area (TPSA) is 70.2 Å². The van der Waals surface area contributed by atoms with Crippen LogP contribution in [0.4, 0.5) is 24.7 Å². The normalized spacial score (nSPS) is 14.2. The van der Waals surface area contributed by atoms with Gasteiger partial charge in [0.05, 0.1) is 23.9 Å². The average Bonchev–Trinajstić information content (AvgIpc) is 3.20. The van der Waals surface area contributed by atoms with Crippen LogP contribution in [0.15, 0.2) is 36.5 Å². The third-order valence-electron chi connectivity index (χ3n) is 4.51. The summed E-state index contributed by atoms with van der Waals surface area (Å²) >= 11 is 0. The monoisotopic (exact) mass is 393 g/mol. The molecule has 0 radical (unpaired) electrons. The highest BCUT2D eigenvalue weighted by Gasteiger charge is 2.29. The fourth-order valence-electron chi connectivity index (χ4n) is 3.04. The van der Waals surface area contributed by atoms with E-state index in [0.29, 0.717) is 24.5 Å². The summed E-state index contributed by atoms with van der Waals surface area (Å²) in [5, 5.41) is 13.9. The molecule has 2 heterocycles. The molecule has 1 aromatic carbocycles. The molecule has 9 heteroatoms. The molecular formula is C19H22F3N5O. The van der Waals surface area contributed by atoms with E-state index < -0.39 is 11.7 Å². The first kappa shape index (κ1) is 19.9. The first-order valence-electron chi connectivity index (χ1n) is 9.16. The van der Waals surface area contributed by atoms with Gasteiger partial charge in [-0.1, -0.05) is 12.1 Å². The summed E-state index contributed by atoms with van der Waals surface area (Å²) in [5.74, 6) is 0.389. The molecule has 28 heavy (non-hydrogen) atoms. The molecule has 1 saturated heterocycles. The predicted molar refractivity (Wildman–Crippen MR) is 100 cm³/mol. The second-order valence-electron chi connectivity index (χ2n) is 6.64. The molecular weight excluding hydrogens is 371 g/mol. The van der Waals surface area contributed by atoms with Crippen molar-refractivity contribution in [3.63, 3.8) is 0 Å². The third kappa shape index (κ3) is 5.58. The van der Waals surface area contributed by atoms with Gasteiger partial charge < -0.3 is 15.5 Å². The van der Waals surface area contributed by atoms with E-state index in [1.54, 1.807) is 6.20 Å². The molecule has 0 aliphatic carbocycles. The van der Waals surface area contributed by atoms with Gasteiger partial charge in [-0.05, 0) is 30.5 Å². The number of rotatable bonds is 7. The Morgan fingerprint density at radius 3 is 2.50 bits per heavy atom. The van der Waals surface area contributed by atoms with Gasteiger partial charge in [0.25, 0.3) is 0 Å². The number of amides is 1. The fourth-order valence-corrected chi connectivity index (χ4v) is 3.04. The highest BCUT2D eigenvalue weighted by Crippen LogP contribution is 2.29. The first-order valence-corrected chi connectivity index (χ1v) is 9.16. The number of alkyl halides is 3. The molecule has 0 unspecified atom stereocenters. The fraction of sp³-hybridized carbons (Fsp3) is 0.421. The number of aromatic nitrogens is 2. The third-order valence-corrected chi connectivity index (χ3v) is 4.51. The number of anilines is 2. The van der Waals surface area contributed by atoms with Gasteiger partial charge in [0.1, 0.15) is 0 Å². The average molecular weight is 393 g/mol. The van der Waals surface area contributed by atoms with Gasteiger partial charge in [0, 0.05) is 32.2 Å². The maximum atomic E-state index is 12.5. The summed E-state index contributed by atoms with van der Waals surface area (Å²) < 4.78 is 37.6. The molecule has 0 saturated carbocycles. The van der Waals surface area contributed by atoms with Gasteiger partial charge in [-0.2, -0.15) is 18.3 Å². The zero-order valence-electron chi connectivity index (χ0n) is 15.3. The smallest absolute Gasteiger partial charge is 0.370 e. The lowest BCUT2D eigenvalue weighted by Gasteiger charge is -2.17. The lowest BCUT2D eigenvalue weighted by molar-refractivity contribution is -0.137. The SMILES string of the molecule is O=C(Cc1ccc(C(F)(F)F)cc1)NCCNc1cc(N2CCCC2)cnn1. The van der Waals surface area contributed by atoms with Crippen molar-refractivity contribution in [1.29, 1.82) is 0 Å². The molecule has 3 rings (SSSR count). The van der Waals surface area contributed by atoms with Crippen molar-refractivity contribution >= 4 is 17.4 Å². The van der Waals surface area contributed by atoms with Crippen LogP contribution >= 0.6 is 0 Å². The molecule has 1 aromatic heterocycles. The molecule has 1 aliphatic heterocycles. The van der Waals surface area contributed by atoms with Crippen LogP contribution in [-0.2, 0) is 17.4 Å². The Morgan fingerprint density at radius 2 is 1.82 bits per heavy atom. The summed E-state index contributed by atoms with van der Waals surface area (Å²) in [4.78, 5) is 14.2. The molecule has 150 valence electrons. The van der Waals surface area contributed by atoms with Gasteiger partial charge in [-0.3, -0.25) is 4.79 Å². The van der Waals surface area contributed by atoms with Crippen LogP contribution in [0.25, 0.3) is 0 Å². The summed E-state index contributed by atoms with van der Waals surface area (Å²) in [6.07, 6.45) is -0.252. The molecule has 6 nitrogen and oxygen atoms in total. The molecule has 0 atom stereocenters. The number of nitrogens with zero attached hydrogens (tertiary/aromatic N) is 3. The largest absolute Gasteiger partial charge is 0.416 e. The molecule has 0 bridgehead atoms. The van der Waals surface area contributed by atoms with Gasteiger partial charge in [-0.15, -0.1) is 5.10 Å². The van der Waals surface area contributed by atoms with E-state index in [-0.39, 0.29) is 12.3 Å². The number of nitrogens with one attached hydrogen (secondary N) is 2. The molecule has 1 fully saturated rings. The Kier molecular flexibility index (Phi) is 6.33. The number of carbonyl (C=O) groups is 1. The van der Waals surface area contributed by atoms with E-state index in [0.717, 1.165) is 30.9 Å². The Balaban J connectivity index is 1.40. The van der Waals surface area contributed by atoms with Crippen molar-refractivity contribution in [2.45, 2.75) is 25.4 Å². The highest BCUT2D eigenvalue weighted by molar-refractivity contribution is 5.78. The Morgan fingerprint density at radius 1 is 1.11 bits per heavy atom. The molecule has 0 spiro atoms. The van der Waals surface area contributed by atoms with Crippen LogP contribution < -0.4 is 15.5 Å². The predicted octanol–water partition coefficient (Wildman–Crippen LogP) is 2.87. The summed E-state index contributed by atoms with van der Waals surface area (Å²) in [7, 11) is 0. The minimum absolute atomic E-state index is 0.0301. The first-order chi connectivity index (χ1) is 13.4. The number of benzene rings is 1. The van der Waals surface area contributed by atoms with Crippen molar-refractivity contribution in [3.05, 3.63) is 47.7 Å². The lowest BCUT2D eigenvalue weighted by atomic mass is 10.1. The van der Waals surface area contributed by atoms with E-state index >= 15 is 0 Å². The van der Waals surface area contributed by atoms with Crippen molar-refractivity contribution in [2.24, 2.45) is 0 Å². The zero-order chi connectivity index (χ0) is 20.0. The van der Waals surface area contributed by atoms with E-state index in [9.17, 15) is 18.0 Å². The van der Waals surface area contributed by atoms with Gasteiger partial charge in [-0.25, -0.2) is 0 Å². The lowest BCUT2D eigenvalue weighted by Crippen LogP contribution is -2.30.